The van der Waals surface area contributed by atoms with Gasteiger partial charge in [-0.05, 0) is 50.8 Å². The second-order valence-corrected chi connectivity index (χ2v) is 8.22. The Kier molecular flexibility index (Phi) is 8.74. The first-order chi connectivity index (χ1) is 11.3. The van der Waals surface area contributed by atoms with E-state index in [9.17, 15) is 12.8 Å². The van der Waals surface area contributed by atoms with Crippen LogP contribution >= 0.6 is 0 Å². The fourth-order valence-electron chi connectivity index (χ4n) is 2.18. The Morgan fingerprint density at radius 3 is 2.75 bits per heavy atom. The summed E-state index contributed by atoms with van der Waals surface area (Å²) in [6.07, 6.45) is 3.36. The van der Waals surface area contributed by atoms with E-state index in [0.717, 1.165) is 24.9 Å². The zero-order valence-electron chi connectivity index (χ0n) is 14.7. The van der Waals surface area contributed by atoms with Crippen molar-refractivity contribution in [2.45, 2.75) is 39.2 Å². The normalized spacial score (nSPS) is 13.6. The molecule has 24 heavy (non-hydrogen) atoms. The highest BCUT2D eigenvalue weighted by Crippen LogP contribution is 2.06. The fraction of sp³-hybridized carbons (Fsp3) is 0.588. The maximum Gasteiger partial charge on any atom is 0.191 e. The molecule has 0 aliphatic heterocycles. The predicted molar refractivity (Wildman–Crippen MR) is 97.6 cm³/mol. The predicted octanol–water partition coefficient (Wildman–Crippen LogP) is 2.14. The van der Waals surface area contributed by atoms with Crippen LogP contribution in [-0.4, -0.2) is 45.5 Å². The SMILES string of the molecule is CCNC(=NCCCc1cccc(F)c1)NC(C)CCS(C)(=O)=O. The van der Waals surface area contributed by atoms with E-state index in [4.69, 9.17) is 0 Å². The summed E-state index contributed by atoms with van der Waals surface area (Å²) in [6.45, 7) is 5.26. The van der Waals surface area contributed by atoms with E-state index in [1.165, 1.54) is 12.3 Å². The van der Waals surface area contributed by atoms with E-state index in [2.05, 4.69) is 15.6 Å². The Hall–Kier alpha value is -1.63. The topological polar surface area (TPSA) is 70.6 Å². The van der Waals surface area contributed by atoms with Gasteiger partial charge in [-0.15, -0.1) is 0 Å². The van der Waals surface area contributed by atoms with Gasteiger partial charge in [-0.2, -0.15) is 0 Å². The molecule has 0 aromatic heterocycles. The van der Waals surface area contributed by atoms with Crippen LogP contribution in [0, 0.1) is 5.82 Å². The van der Waals surface area contributed by atoms with Crippen LogP contribution in [0.3, 0.4) is 0 Å². The van der Waals surface area contributed by atoms with E-state index >= 15 is 0 Å². The number of nitrogens with one attached hydrogen (secondary N) is 2. The highest BCUT2D eigenvalue weighted by Gasteiger charge is 2.09. The molecular formula is C17H28FN3O2S. The summed E-state index contributed by atoms with van der Waals surface area (Å²) < 4.78 is 35.5. The number of aryl methyl sites for hydroxylation is 1. The van der Waals surface area contributed by atoms with Crippen LogP contribution in [0.15, 0.2) is 29.3 Å². The number of nitrogens with zero attached hydrogens (tertiary/aromatic N) is 1. The van der Waals surface area contributed by atoms with Crippen molar-refractivity contribution in [3.63, 3.8) is 0 Å². The molecule has 2 N–H and O–H groups in total. The molecule has 0 bridgehead atoms. The van der Waals surface area contributed by atoms with Crippen LogP contribution < -0.4 is 10.6 Å². The molecule has 1 aromatic rings. The first-order valence-corrected chi connectivity index (χ1v) is 10.3. The van der Waals surface area contributed by atoms with Gasteiger partial charge in [0.05, 0.1) is 5.75 Å². The third kappa shape index (κ3) is 9.50. The molecule has 136 valence electrons. The molecule has 5 nitrogen and oxygen atoms in total. The average molecular weight is 357 g/mol. The minimum Gasteiger partial charge on any atom is -0.357 e. The van der Waals surface area contributed by atoms with Crippen molar-refractivity contribution in [1.82, 2.24) is 10.6 Å². The first kappa shape index (κ1) is 20.4. The van der Waals surface area contributed by atoms with Gasteiger partial charge in [0.2, 0.25) is 0 Å². The Bertz CT molecular complexity index is 632. The Morgan fingerprint density at radius 1 is 1.38 bits per heavy atom. The summed E-state index contributed by atoms with van der Waals surface area (Å²) in [4.78, 5) is 4.49. The van der Waals surface area contributed by atoms with Gasteiger partial charge in [0.25, 0.3) is 0 Å². The molecular weight excluding hydrogens is 329 g/mol. The summed E-state index contributed by atoms with van der Waals surface area (Å²) in [5.41, 5.74) is 0.963. The van der Waals surface area contributed by atoms with Crippen molar-refractivity contribution >= 4 is 15.8 Å². The number of guanidine groups is 1. The zero-order chi connectivity index (χ0) is 18.0. The van der Waals surface area contributed by atoms with Crippen LogP contribution in [-0.2, 0) is 16.3 Å². The number of halogens is 1. The van der Waals surface area contributed by atoms with E-state index in [1.807, 2.05) is 19.9 Å². The minimum absolute atomic E-state index is 0.0146. The van der Waals surface area contributed by atoms with E-state index < -0.39 is 9.84 Å². The molecule has 0 aliphatic rings. The van der Waals surface area contributed by atoms with Crippen molar-refractivity contribution in [1.29, 1.82) is 0 Å². The van der Waals surface area contributed by atoms with Gasteiger partial charge in [-0.1, -0.05) is 12.1 Å². The Morgan fingerprint density at radius 2 is 2.12 bits per heavy atom. The molecule has 1 atom stereocenters. The van der Waals surface area contributed by atoms with Crippen molar-refractivity contribution < 1.29 is 12.8 Å². The van der Waals surface area contributed by atoms with Crippen LogP contribution in [0.5, 0.6) is 0 Å². The summed E-state index contributed by atoms with van der Waals surface area (Å²) in [6, 6.07) is 6.61. The summed E-state index contributed by atoms with van der Waals surface area (Å²) in [5.74, 6) is 0.614. The van der Waals surface area contributed by atoms with Crippen LogP contribution in [0.25, 0.3) is 0 Å². The van der Waals surface area contributed by atoms with Crippen molar-refractivity contribution in [3.8, 4) is 0 Å². The average Bonchev–Trinajstić information content (AvgIpc) is 2.49. The van der Waals surface area contributed by atoms with Gasteiger partial charge in [-0.3, -0.25) is 4.99 Å². The number of rotatable bonds is 9. The standard InChI is InChI=1S/C17H28FN3O2S/c1-4-19-17(21-14(2)10-12-24(3,22)23)20-11-6-8-15-7-5-9-16(18)13-15/h5,7,9,13-14H,4,6,8,10-12H2,1-3H3,(H2,19,20,21). The molecule has 1 aromatic carbocycles. The number of hydrogen-bond donors (Lipinski definition) is 2. The third-order valence-corrected chi connectivity index (χ3v) is 4.41. The highest BCUT2D eigenvalue weighted by atomic mass is 32.2. The molecule has 1 rings (SSSR count). The molecule has 7 heteroatoms. The second kappa shape index (κ2) is 10.3. The maximum atomic E-state index is 13.1. The van der Waals surface area contributed by atoms with Crippen molar-refractivity contribution in [2.75, 3.05) is 25.1 Å². The lowest BCUT2D eigenvalue weighted by atomic mass is 10.1. The number of benzene rings is 1. The van der Waals surface area contributed by atoms with Crippen LogP contribution in [0.2, 0.25) is 0 Å². The molecule has 0 spiro atoms. The number of sulfone groups is 1. The third-order valence-electron chi connectivity index (χ3n) is 3.43. The highest BCUT2D eigenvalue weighted by molar-refractivity contribution is 7.90. The van der Waals surface area contributed by atoms with Gasteiger partial charge in [0, 0.05) is 25.4 Å². The quantitative estimate of drug-likeness (QED) is 0.404. The van der Waals surface area contributed by atoms with Crippen molar-refractivity contribution in [3.05, 3.63) is 35.6 Å². The van der Waals surface area contributed by atoms with E-state index in [0.29, 0.717) is 18.9 Å². The summed E-state index contributed by atoms with van der Waals surface area (Å²) in [5, 5.41) is 6.36. The molecule has 1 unspecified atom stereocenters. The monoisotopic (exact) mass is 357 g/mol. The molecule has 0 amide bonds. The molecule has 0 saturated carbocycles. The lowest BCUT2D eigenvalue weighted by Gasteiger charge is -2.17. The molecule has 0 saturated heterocycles. The largest absolute Gasteiger partial charge is 0.357 e. The summed E-state index contributed by atoms with van der Waals surface area (Å²) >= 11 is 0. The molecule has 0 aliphatic carbocycles. The fourth-order valence-corrected chi connectivity index (χ4v) is 2.96. The lowest BCUT2D eigenvalue weighted by molar-refractivity contribution is 0.581. The zero-order valence-corrected chi connectivity index (χ0v) is 15.5. The second-order valence-electron chi connectivity index (χ2n) is 5.96. The molecule has 0 radical (unpaired) electrons. The Balaban J connectivity index is 2.44. The van der Waals surface area contributed by atoms with Gasteiger partial charge < -0.3 is 10.6 Å². The van der Waals surface area contributed by atoms with E-state index in [1.54, 1.807) is 12.1 Å². The number of aliphatic imine (C=N–C) groups is 1. The number of hydrogen-bond acceptors (Lipinski definition) is 3. The lowest BCUT2D eigenvalue weighted by Crippen LogP contribution is -2.42. The van der Waals surface area contributed by atoms with Gasteiger partial charge in [-0.25, -0.2) is 12.8 Å². The Labute approximate surface area is 144 Å². The molecule has 0 heterocycles. The maximum absolute atomic E-state index is 13.1. The smallest absolute Gasteiger partial charge is 0.191 e. The van der Waals surface area contributed by atoms with Gasteiger partial charge in [0.15, 0.2) is 5.96 Å². The van der Waals surface area contributed by atoms with Crippen molar-refractivity contribution in [2.24, 2.45) is 4.99 Å². The van der Waals surface area contributed by atoms with Gasteiger partial charge >= 0.3 is 0 Å². The minimum atomic E-state index is -2.95. The van der Waals surface area contributed by atoms with Crippen LogP contribution in [0.4, 0.5) is 4.39 Å². The molecule has 0 fully saturated rings. The van der Waals surface area contributed by atoms with Gasteiger partial charge in [0.1, 0.15) is 15.7 Å². The van der Waals surface area contributed by atoms with E-state index in [-0.39, 0.29) is 17.6 Å². The van der Waals surface area contributed by atoms with Crippen LogP contribution in [0.1, 0.15) is 32.3 Å². The summed E-state index contributed by atoms with van der Waals surface area (Å²) in [7, 11) is -2.95. The first-order valence-electron chi connectivity index (χ1n) is 8.27.